The summed E-state index contributed by atoms with van der Waals surface area (Å²) in [4.78, 5) is 13.3. The van der Waals surface area contributed by atoms with Crippen molar-refractivity contribution in [1.29, 1.82) is 0 Å². The molecule has 29 heavy (non-hydrogen) atoms. The molecule has 2 aromatic rings. The molecule has 0 saturated heterocycles. The molecule has 0 aromatic heterocycles. The third kappa shape index (κ3) is 6.37. The van der Waals surface area contributed by atoms with E-state index in [1.807, 2.05) is 69.3 Å². The fraction of sp³-hybridized carbons (Fsp3) is 0.400. The first-order valence-electron chi connectivity index (χ1n) is 9.97. The molecule has 0 bridgehead atoms. The molecule has 156 valence electrons. The zero-order chi connectivity index (χ0) is 21.6. The van der Waals surface area contributed by atoms with Gasteiger partial charge in [-0.05, 0) is 50.5 Å². The average molecular weight is 415 g/mol. The molecular weight excluding hydrogens is 384 g/mol. The highest BCUT2D eigenvalue weighted by Gasteiger charge is 2.34. The zero-order valence-electron chi connectivity index (χ0n) is 18.0. The number of carbonyl (C=O) groups excluding carboxylic acids is 1. The highest BCUT2D eigenvalue weighted by molar-refractivity contribution is 6.30. The van der Waals surface area contributed by atoms with Crippen molar-refractivity contribution in [2.75, 3.05) is 7.11 Å². The van der Waals surface area contributed by atoms with Crippen molar-refractivity contribution in [3.63, 3.8) is 0 Å². The van der Waals surface area contributed by atoms with Gasteiger partial charge in [0.1, 0.15) is 11.4 Å². The van der Waals surface area contributed by atoms with Gasteiger partial charge in [-0.3, -0.25) is 4.79 Å². The molecule has 0 aliphatic rings. The van der Waals surface area contributed by atoms with Crippen molar-refractivity contribution in [2.24, 2.45) is 0 Å². The summed E-state index contributed by atoms with van der Waals surface area (Å²) in [5.74, 6) is -0.0301. The molecule has 2 aromatic carbocycles. The Morgan fingerprint density at radius 3 is 2.07 bits per heavy atom. The Morgan fingerprint density at radius 1 is 1.03 bits per heavy atom. The van der Waals surface area contributed by atoms with Gasteiger partial charge in [0.25, 0.3) is 0 Å². The Morgan fingerprint density at radius 2 is 1.59 bits per heavy atom. The van der Waals surface area contributed by atoms with Crippen LogP contribution in [0.5, 0.6) is 0 Å². The molecule has 3 nitrogen and oxygen atoms in total. The van der Waals surface area contributed by atoms with Crippen LogP contribution in [-0.4, -0.2) is 18.7 Å². The lowest BCUT2D eigenvalue weighted by atomic mass is 9.78. The van der Waals surface area contributed by atoms with Gasteiger partial charge in [0, 0.05) is 16.5 Å². The molecule has 0 spiro atoms. The van der Waals surface area contributed by atoms with Crippen LogP contribution in [0.2, 0.25) is 5.02 Å². The summed E-state index contributed by atoms with van der Waals surface area (Å²) in [6.07, 6.45) is 1.81. The quantitative estimate of drug-likeness (QED) is 0.345. The Balaban J connectivity index is 2.49. The highest BCUT2D eigenvalue weighted by atomic mass is 35.5. The normalized spacial score (nSPS) is 13.4. The van der Waals surface area contributed by atoms with Crippen LogP contribution in [-0.2, 0) is 14.3 Å². The van der Waals surface area contributed by atoms with Crippen molar-refractivity contribution in [3.05, 3.63) is 76.8 Å². The predicted molar refractivity (Wildman–Crippen MR) is 120 cm³/mol. The molecule has 0 radical (unpaired) electrons. The molecule has 0 aliphatic heterocycles. The van der Waals surface area contributed by atoms with Crippen LogP contribution in [0.1, 0.15) is 69.1 Å². The third-order valence-corrected chi connectivity index (χ3v) is 5.05. The summed E-state index contributed by atoms with van der Waals surface area (Å²) in [5, 5.41) is 0.645. The van der Waals surface area contributed by atoms with Gasteiger partial charge in [-0.2, -0.15) is 0 Å². The maximum Gasteiger partial charge on any atom is 0.314 e. The zero-order valence-corrected chi connectivity index (χ0v) is 18.8. The predicted octanol–water partition coefficient (Wildman–Crippen LogP) is 6.97. The van der Waals surface area contributed by atoms with E-state index in [1.165, 1.54) is 0 Å². The van der Waals surface area contributed by atoms with E-state index in [9.17, 15) is 4.79 Å². The van der Waals surface area contributed by atoms with E-state index in [0.29, 0.717) is 10.8 Å². The molecule has 0 heterocycles. The summed E-state index contributed by atoms with van der Waals surface area (Å²) in [6.45, 7) is 11.7. The molecule has 0 aliphatic carbocycles. The number of methoxy groups -OCH3 is 1. The van der Waals surface area contributed by atoms with Crippen molar-refractivity contribution in [1.82, 2.24) is 0 Å². The van der Waals surface area contributed by atoms with E-state index in [2.05, 4.69) is 13.5 Å². The van der Waals surface area contributed by atoms with Gasteiger partial charge in [-0.1, -0.05) is 67.9 Å². The summed E-state index contributed by atoms with van der Waals surface area (Å²) < 4.78 is 11.0. The van der Waals surface area contributed by atoms with E-state index in [4.69, 9.17) is 21.1 Å². The van der Waals surface area contributed by atoms with Gasteiger partial charge < -0.3 is 9.47 Å². The van der Waals surface area contributed by atoms with Crippen molar-refractivity contribution in [2.45, 2.75) is 58.0 Å². The molecule has 0 fully saturated rings. The fourth-order valence-electron chi connectivity index (χ4n) is 3.44. The molecule has 2 unspecified atom stereocenters. The summed E-state index contributed by atoms with van der Waals surface area (Å²) in [6, 6.07) is 15.5. The van der Waals surface area contributed by atoms with Gasteiger partial charge in [-0.25, -0.2) is 0 Å². The maximum absolute atomic E-state index is 13.3. The number of carbonyl (C=O) groups is 1. The van der Waals surface area contributed by atoms with E-state index in [1.54, 1.807) is 7.11 Å². The van der Waals surface area contributed by atoms with Crippen LogP contribution in [0, 0.1) is 0 Å². The van der Waals surface area contributed by atoms with Crippen LogP contribution in [0.25, 0.3) is 5.76 Å². The van der Waals surface area contributed by atoms with E-state index in [0.717, 1.165) is 29.5 Å². The van der Waals surface area contributed by atoms with Gasteiger partial charge in [0.05, 0.1) is 13.0 Å². The highest BCUT2D eigenvalue weighted by Crippen LogP contribution is 2.39. The van der Waals surface area contributed by atoms with Crippen molar-refractivity contribution in [3.8, 4) is 0 Å². The van der Waals surface area contributed by atoms with Crippen molar-refractivity contribution >= 4 is 23.3 Å². The van der Waals surface area contributed by atoms with Crippen LogP contribution >= 0.6 is 11.6 Å². The van der Waals surface area contributed by atoms with Gasteiger partial charge >= 0.3 is 5.97 Å². The monoisotopic (exact) mass is 414 g/mol. The average Bonchev–Trinajstić information content (AvgIpc) is 2.67. The summed E-state index contributed by atoms with van der Waals surface area (Å²) in [7, 11) is 1.61. The molecule has 0 amide bonds. The Kier molecular flexibility index (Phi) is 7.92. The lowest BCUT2D eigenvalue weighted by Crippen LogP contribution is -2.30. The number of hydrogen-bond acceptors (Lipinski definition) is 3. The first kappa shape index (κ1) is 23.0. The molecular formula is C25H31ClO3. The van der Waals surface area contributed by atoms with E-state index >= 15 is 0 Å². The molecule has 2 atom stereocenters. The second-order valence-corrected chi connectivity index (χ2v) is 8.64. The minimum atomic E-state index is -0.557. The van der Waals surface area contributed by atoms with Crippen LogP contribution in [0.3, 0.4) is 0 Å². The number of ether oxygens (including phenoxy) is 2. The van der Waals surface area contributed by atoms with Crippen LogP contribution < -0.4 is 0 Å². The number of benzene rings is 2. The van der Waals surface area contributed by atoms with Gasteiger partial charge in [0.2, 0.25) is 0 Å². The molecule has 2 rings (SSSR count). The van der Waals surface area contributed by atoms with Crippen LogP contribution in [0.15, 0.2) is 55.1 Å². The van der Waals surface area contributed by atoms with Crippen LogP contribution in [0.4, 0.5) is 0 Å². The topological polar surface area (TPSA) is 35.5 Å². The Bertz CT molecular complexity index is 817. The van der Waals surface area contributed by atoms with Gasteiger partial charge in [0.15, 0.2) is 0 Å². The summed E-state index contributed by atoms with van der Waals surface area (Å²) in [5.41, 5.74) is 2.36. The van der Waals surface area contributed by atoms with E-state index in [-0.39, 0.29) is 11.9 Å². The minimum absolute atomic E-state index is 0.0131. The smallest absolute Gasteiger partial charge is 0.314 e. The maximum atomic E-state index is 13.3. The number of hydrogen-bond donors (Lipinski definition) is 0. The molecule has 0 N–H and O–H groups in total. The standard InChI is InChI=1S/C25H31ClO3/c1-7-8-22(19-11-9-18(10-12-19)17(2)28-6)23(24(27)29-25(3,4)5)20-13-15-21(26)16-14-20/h9-16,22-23H,2,7-8H2,1,3-6H3. The second-order valence-electron chi connectivity index (χ2n) is 8.21. The number of halogens is 1. The number of rotatable bonds is 8. The van der Waals surface area contributed by atoms with E-state index < -0.39 is 11.5 Å². The largest absolute Gasteiger partial charge is 0.497 e. The first-order valence-corrected chi connectivity index (χ1v) is 10.4. The molecule has 0 saturated carbocycles. The Labute approximate surface area is 179 Å². The lowest BCUT2D eigenvalue weighted by molar-refractivity contribution is -0.157. The summed E-state index contributed by atoms with van der Waals surface area (Å²) >= 11 is 6.08. The first-order chi connectivity index (χ1) is 13.7. The third-order valence-electron chi connectivity index (χ3n) is 4.80. The number of esters is 1. The second kappa shape index (κ2) is 9.98. The lowest BCUT2D eigenvalue weighted by Gasteiger charge is -2.30. The van der Waals surface area contributed by atoms with Crippen molar-refractivity contribution < 1.29 is 14.3 Å². The Hall–Kier alpha value is -2.26. The molecule has 4 heteroatoms. The SMILES string of the molecule is C=C(OC)c1ccc(C(CCC)C(C(=O)OC(C)(C)C)c2ccc(Cl)cc2)cc1. The minimum Gasteiger partial charge on any atom is -0.497 e. The fourth-order valence-corrected chi connectivity index (χ4v) is 3.56. The van der Waals surface area contributed by atoms with Gasteiger partial charge in [-0.15, -0.1) is 0 Å².